The molecule has 9 heteroatoms. The number of alkyl halides is 3. The van der Waals surface area contributed by atoms with E-state index in [9.17, 15) is 22.8 Å². The molecular weight excluding hydrogens is 375 g/mol. The van der Waals surface area contributed by atoms with E-state index < -0.39 is 30.2 Å². The molecule has 0 aliphatic heterocycles. The zero-order valence-electron chi connectivity index (χ0n) is 13.4. The first-order valence-electron chi connectivity index (χ1n) is 7.18. The quantitative estimate of drug-likeness (QED) is 0.782. The number of methoxy groups -OCH3 is 1. The predicted octanol–water partition coefficient (Wildman–Crippen LogP) is 4.16. The van der Waals surface area contributed by atoms with Gasteiger partial charge in [-0.15, -0.1) is 0 Å². The van der Waals surface area contributed by atoms with Gasteiger partial charge in [-0.05, 0) is 42.5 Å². The fraction of sp³-hybridized carbons (Fsp3) is 0.176. The normalized spacial score (nSPS) is 11.0. The molecule has 0 saturated carbocycles. The van der Waals surface area contributed by atoms with Crippen molar-refractivity contribution in [1.82, 2.24) is 0 Å². The van der Waals surface area contributed by atoms with Crippen LogP contribution >= 0.6 is 11.6 Å². The standard InChI is InChI=1S/C17H13ClF3NO4/c1-25-16(24)13-7-4-11(18)8-14(13)26-9-15(23)22-12-5-2-10(3-6-12)17(19,20)21/h2-8H,9H2,1H3,(H,22,23). The molecule has 0 radical (unpaired) electrons. The highest BCUT2D eigenvalue weighted by Crippen LogP contribution is 2.30. The van der Waals surface area contributed by atoms with Gasteiger partial charge < -0.3 is 14.8 Å². The van der Waals surface area contributed by atoms with E-state index in [1.807, 2.05) is 0 Å². The van der Waals surface area contributed by atoms with Crippen LogP contribution in [0.1, 0.15) is 15.9 Å². The maximum atomic E-state index is 12.5. The lowest BCUT2D eigenvalue weighted by atomic mass is 10.2. The number of esters is 1. The topological polar surface area (TPSA) is 64.6 Å². The van der Waals surface area contributed by atoms with E-state index in [0.29, 0.717) is 0 Å². The molecule has 0 saturated heterocycles. The third-order valence-corrected chi connectivity index (χ3v) is 3.44. The molecule has 0 atom stereocenters. The van der Waals surface area contributed by atoms with Crippen molar-refractivity contribution in [3.63, 3.8) is 0 Å². The van der Waals surface area contributed by atoms with Crippen LogP contribution in [0.15, 0.2) is 42.5 Å². The van der Waals surface area contributed by atoms with Crippen LogP contribution in [0.4, 0.5) is 18.9 Å². The summed E-state index contributed by atoms with van der Waals surface area (Å²) in [6.07, 6.45) is -4.46. The van der Waals surface area contributed by atoms with Gasteiger partial charge in [0.1, 0.15) is 11.3 Å². The Morgan fingerprint density at radius 2 is 1.77 bits per heavy atom. The van der Waals surface area contributed by atoms with Crippen molar-refractivity contribution < 1.29 is 32.2 Å². The second-order valence-corrected chi connectivity index (χ2v) is 5.48. The van der Waals surface area contributed by atoms with Gasteiger partial charge in [0.05, 0.1) is 12.7 Å². The van der Waals surface area contributed by atoms with Gasteiger partial charge >= 0.3 is 12.1 Å². The Bertz CT molecular complexity index is 807. The summed E-state index contributed by atoms with van der Waals surface area (Å²) in [4.78, 5) is 23.6. The molecule has 2 aromatic rings. The molecule has 0 fully saturated rings. The minimum absolute atomic E-state index is 0.0481. The number of benzene rings is 2. The Labute approximate surface area is 151 Å². The summed E-state index contributed by atoms with van der Waals surface area (Å²) in [6.45, 7) is -0.481. The van der Waals surface area contributed by atoms with Gasteiger partial charge in [-0.2, -0.15) is 13.2 Å². The van der Waals surface area contributed by atoms with E-state index in [0.717, 1.165) is 24.3 Å². The Morgan fingerprint density at radius 3 is 2.35 bits per heavy atom. The molecule has 138 valence electrons. The van der Waals surface area contributed by atoms with Gasteiger partial charge in [0.25, 0.3) is 5.91 Å². The van der Waals surface area contributed by atoms with Gasteiger partial charge in [-0.1, -0.05) is 11.6 Å². The number of halogens is 4. The van der Waals surface area contributed by atoms with Crippen LogP contribution < -0.4 is 10.1 Å². The maximum Gasteiger partial charge on any atom is 0.416 e. The summed E-state index contributed by atoms with van der Waals surface area (Å²) in [7, 11) is 1.19. The van der Waals surface area contributed by atoms with Crippen molar-refractivity contribution in [3.05, 3.63) is 58.6 Å². The van der Waals surface area contributed by atoms with Crippen molar-refractivity contribution in [2.24, 2.45) is 0 Å². The van der Waals surface area contributed by atoms with E-state index in [1.54, 1.807) is 0 Å². The van der Waals surface area contributed by atoms with Crippen molar-refractivity contribution in [1.29, 1.82) is 0 Å². The van der Waals surface area contributed by atoms with Crippen LogP contribution in [0, 0.1) is 0 Å². The third-order valence-electron chi connectivity index (χ3n) is 3.20. The Morgan fingerprint density at radius 1 is 1.12 bits per heavy atom. The SMILES string of the molecule is COC(=O)c1ccc(Cl)cc1OCC(=O)Nc1ccc(C(F)(F)F)cc1. The molecule has 0 aromatic heterocycles. The molecule has 1 N–H and O–H groups in total. The molecule has 0 bridgehead atoms. The summed E-state index contributed by atoms with van der Waals surface area (Å²) >= 11 is 5.84. The smallest absolute Gasteiger partial charge is 0.416 e. The average Bonchev–Trinajstić information content (AvgIpc) is 2.59. The van der Waals surface area contributed by atoms with Crippen molar-refractivity contribution in [3.8, 4) is 5.75 Å². The second kappa shape index (κ2) is 8.09. The molecule has 0 heterocycles. The zero-order chi connectivity index (χ0) is 19.3. The first-order valence-corrected chi connectivity index (χ1v) is 7.56. The van der Waals surface area contributed by atoms with Crippen molar-refractivity contribution in [2.75, 3.05) is 19.0 Å². The Balaban J connectivity index is 2.01. The predicted molar refractivity (Wildman–Crippen MR) is 88.4 cm³/mol. The molecule has 2 aromatic carbocycles. The van der Waals surface area contributed by atoms with Crippen molar-refractivity contribution >= 4 is 29.2 Å². The lowest BCUT2D eigenvalue weighted by molar-refractivity contribution is -0.137. The van der Waals surface area contributed by atoms with Crippen LogP contribution in [-0.2, 0) is 15.7 Å². The second-order valence-electron chi connectivity index (χ2n) is 5.04. The number of hydrogen-bond donors (Lipinski definition) is 1. The van der Waals surface area contributed by atoms with E-state index in [-0.39, 0.29) is 22.0 Å². The fourth-order valence-electron chi connectivity index (χ4n) is 1.98. The molecular formula is C17H13ClF3NO4. The summed E-state index contributed by atoms with van der Waals surface area (Å²) in [5.74, 6) is -1.24. The van der Waals surface area contributed by atoms with E-state index in [1.165, 1.54) is 25.3 Å². The summed E-state index contributed by atoms with van der Waals surface area (Å²) in [5.41, 5.74) is -0.571. The van der Waals surface area contributed by atoms with Crippen LogP contribution in [0.3, 0.4) is 0 Å². The number of ether oxygens (including phenoxy) is 2. The van der Waals surface area contributed by atoms with Gasteiger partial charge in [-0.25, -0.2) is 4.79 Å². The van der Waals surface area contributed by atoms with Gasteiger partial charge in [0.2, 0.25) is 0 Å². The summed E-state index contributed by atoms with van der Waals surface area (Å²) in [5, 5.41) is 2.68. The molecule has 26 heavy (non-hydrogen) atoms. The fourth-order valence-corrected chi connectivity index (χ4v) is 2.14. The largest absolute Gasteiger partial charge is 0.483 e. The lowest BCUT2D eigenvalue weighted by Crippen LogP contribution is -2.21. The lowest BCUT2D eigenvalue weighted by Gasteiger charge is -2.11. The highest BCUT2D eigenvalue weighted by Gasteiger charge is 2.30. The van der Waals surface area contributed by atoms with Gasteiger partial charge in [0.15, 0.2) is 6.61 Å². The van der Waals surface area contributed by atoms with Gasteiger partial charge in [0, 0.05) is 10.7 Å². The molecule has 1 amide bonds. The number of rotatable bonds is 5. The van der Waals surface area contributed by atoms with Crippen molar-refractivity contribution in [2.45, 2.75) is 6.18 Å². The summed E-state index contributed by atoms with van der Waals surface area (Å²) in [6, 6.07) is 8.14. The number of amides is 1. The molecule has 0 aliphatic carbocycles. The third kappa shape index (κ3) is 5.13. The minimum atomic E-state index is -4.46. The first kappa shape index (κ1) is 19.6. The minimum Gasteiger partial charge on any atom is -0.483 e. The van der Waals surface area contributed by atoms with Crippen LogP contribution in [0.5, 0.6) is 5.75 Å². The highest BCUT2D eigenvalue weighted by atomic mass is 35.5. The molecule has 5 nitrogen and oxygen atoms in total. The monoisotopic (exact) mass is 387 g/mol. The van der Waals surface area contributed by atoms with Crippen LogP contribution in [0.25, 0.3) is 0 Å². The number of anilines is 1. The van der Waals surface area contributed by atoms with Crippen LogP contribution in [-0.4, -0.2) is 25.6 Å². The molecule has 0 aliphatic rings. The molecule has 2 rings (SSSR count). The maximum absolute atomic E-state index is 12.5. The average molecular weight is 388 g/mol. The van der Waals surface area contributed by atoms with E-state index >= 15 is 0 Å². The van der Waals surface area contributed by atoms with Crippen LogP contribution in [0.2, 0.25) is 5.02 Å². The molecule has 0 spiro atoms. The number of carbonyl (C=O) groups excluding carboxylic acids is 2. The molecule has 0 unspecified atom stereocenters. The first-order chi connectivity index (χ1) is 12.2. The number of nitrogens with one attached hydrogen (secondary N) is 1. The van der Waals surface area contributed by atoms with Gasteiger partial charge in [-0.3, -0.25) is 4.79 Å². The van der Waals surface area contributed by atoms with E-state index in [4.69, 9.17) is 16.3 Å². The summed E-state index contributed by atoms with van der Waals surface area (Å²) < 4.78 is 47.4. The Hall–Kier alpha value is -2.74. The number of hydrogen-bond acceptors (Lipinski definition) is 4. The zero-order valence-corrected chi connectivity index (χ0v) is 14.1. The number of carbonyl (C=O) groups is 2. The highest BCUT2D eigenvalue weighted by molar-refractivity contribution is 6.30. The Kier molecular flexibility index (Phi) is 6.10. The van der Waals surface area contributed by atoms with E-state index in [2.05, 4.69) is 10.1 Å².